The summed E-state index contributed by atoms with van der Waals surface area (Å²) in [6.45, 7) is 1.93. The molecule has 0 fully saturated rings. The molecule has 0 aliphatic rings. The number of rotatable bonds is 3. The number of ether oxygens (including phenoxy) is 1. The second-order valence-electron chi connectivity index (χ2n) is 2.05. The smallest absolute Gasteiger partial charge is 0.361 e. The van der Waals surface area contributed by atoms with Crippen LogP contribution in [0.25, 0.3) is 0 Å². The molecule has 70 valence electrons. The minimum atomic E-state index is -0.644. The van der Waals surface area contributed by atoms with E-state index in [-0.39, 0.29) is 12.3 Å². The molecular weight excluding hydrogens is 192 g/mol. The van der Waals surface area contributed by atoms with Crippen molar-refractivity contribution in [2.24, 2.45) is 5.16 Å². The zero-order valence-electron chi connectivity index (χ0n) is 6.93. The molecule has 0 aromatic carbocycles. The number of hydrogen-bond acceptors (Lipinski definition) is 6. The summed E-state index contributed by atoms with van der Waals surface area (Å²) in [7, 11) is 0. The van der Waals surface area contributed by atoms with Crippen molar-refractivity contribution >= 4 is 23.2 Å². The van der Waals surface area contributed by atoms with Crippen LogP contribution in [0.15, 0.2) is 17.4 Å². The highest BCUT2D eigenvalue weighted by Crippen LogP contribution is 2.07. The van der Waals surface area contributed by atoms with E-state index in [1.54, 1.807) is 13.0 Å². The van der Waals surface area contributed by atoms with E-state index in [4.69, 9.17) is 5.21 Å². The summed E-state index contributed by atoms with van der Waals surface area (Å²) in [6.07, 6.45) is 1.52. The van der Waals surface area contributed by atoms with Crippen LogP contribution in [0, 0.1) is 0 Å². The lowest BCUT2D eigenvalue weighted by Crippen LogP contribution is -2.17. The minimum absolute atomic E-state index is 0.107. The summed E-state index contributed by atoms with van der Waals surface area (Å²) in [5.41, 5.74) is -0.107. The van der Waals surface area contributed by atoms with Gasteiger partial charge in [-0.15, -0.1) is 0 Å². The number of aromatic nitrogens is 1. The van der Waals surface area contributed by atoms with E-state index < -0.39 is 5.97 Å². The van der Waals surface area contributed by atoms with E-state index in [0.717, 1.165) is 11.5 Å². The SMILES string of the molecule is CCOC(=O)/C(=N/O)c1ccns1. The Morgan fingerprint density at radius 3 is 3.08 bits per heavy atom. The summed E-state index contributed by atoms with van der Waals surface area (Å²) in [6, 6.07) is 1.58. The standard InChI is InChI=1S/C7H8N2O3S/c1-2-12-7(10)6(9-11)5-3-4-8-13-5/h3-4,11H,2H2,1H3/b9-6+. The van der Waals surface area contributed by atoms with Gasteiger partial charge in [-0.2, -0.15) is 0 Å². The van der Waals surface area contributed by atoms with Gasteiger partial charge in [-0.1, -0.05) is 5.16 Å². The number of oxime groups is 1. The van der Waals surface area contributed by atoms with Crippen LogP contribution in [0.1, 0.15) is 11.8 Å². The molecule has 0 saturated carbocycles. The maximum atomic E-state index is 11.1. The maximum absolute atomic E-state index is 11.1. The zero-order valence-corrected chi connectivity index (χ0v) is 7.74. The Kier molecular flexibility index (Phi) is 3.39. The van der Waals surface area contributed by atoms with Crippen LogP contribution in [-0.2, 0) is 9.53 Å². The first kappa shape index (κ1) is 9.66. The van der Waals surface area contributed by atoms with Crippen molar-refractivity contribution in [3.05, 3.63) is 17.1 Å². The van der Waals surface area contributed by atoms with Crippen LogP contribution in [-0.4, -0.2) is 27.9 Å². The van der Waals surface area contributed by atoms with E-state index in [9.17, 15) is 4.79 Å². The number of carbonyl (C=O) groups is 1. The summed E-state index contributed by atoms with van der Waals surface area (Å²) >= 11 is 1.07. The first-order valence-corrected chi connectivity index (χ1v) is 4.37. The molecule has 13 heavy (non-hydrogen) atoms. The third-order valence-corrected chi connectivity index (χ3v) is 1.99. The molecule has 5 nitrogen and oxygen atoms in total. The van der Waals surface area contributed by atoms with Crippen molar-refractivity contribution in [1.29, 1.82) is 0 Å². The first-order chi connectivity index (χ1) is 6.29. The molecule has 0 saturated heterocycles. The monoisotopic (exact) mass is 200 g/mol. The predicted octanol–water partition coefficient (Wildman–Crippen LogP) is 0.885. The summed E-state index contributed by atoms with van der Waals surface area (Å²) in [5.74, 6) is -0.644. The molecule has 0 spiro atoms. The van der Waals surface area contributed by atoms with Crippen LogP contribution in [0.2, 0.25) is 0 Å². The number of esters is 1. The van der Waals surface area contributed by atoms with Crippen LogP contribution in [0.3, 0.4) is 0 Å². The topological polar surface area (TPSA) is 71.8 Å². The van der Waals surface area contributed by atoms with Crippen molar-refractivity contribution < 1.29 is 14.7 Å². The van der Waals surface area contributed by atoms with E-state index >= 15 is 0 Å². The molecule has 0 aliphatic heterocycles. The quantitative estimate of drug-likeness (QED) is 0.340. The minimum Gasteiger partial charge on any atom is -0.461 e. The molecule has 6 heteroatoms. The van der Waals surface area contributed by atoms with Gasteiger partial charge in [0.25, 0.3) is 0 Å². The van der Waals surface area contributed by atoms with Crippen molar-refractivity contribution in [2.75, 3.05) is 6.61 Å². The van der Waals surface area contributed by atoms with Crippen molar-refractivity contribution in [3.8, 4) is 0 Å². The lowest BCUT2D eigenvalue weighted by molar-refractivity contribution is -0.135. The third kappa shape index (κ3) is 2.25. The van der Waals surface area contributed by atoms with E-state index in [1.807, 2.05) is 0 Å². The van der Waals surface area contributed by atoms with Crippen molar-refractivity contribution in [3.63, 3.8) is 0 Å². The van der Waals surface area contributed by atoms with E-state index in [1.165, 1.54) is 6.20 Å². The molecule has 1 rings (SSSR count). The Bertz CT molecular complexity index is 308. The Balaban J connectivity index is 2.82. The van der Waals surface area contributed by atoms with Gasteiger partial charge in [-0.05, 0) is 24.5 Å². The zero-order chi connectivity index (χ0) is 9.68. The molecule has 0 amide bonds. The highest BCUT2D eigenvalue weighted by atomic mass is 32.1. The summed E-state index contributed by atoms with van der Waals surface area (Å²) < 4.78 is 8.44. The van der Waals surface area contributed by atoms with Gasteiger partial charge in [0, 0.05) is 6.20 Å². The van der Waals surface area contributed by atoms with Gasteiger partial charge in [-0.25, -0.2) is 9.17 Å². The molecule has 0 atom stereocenters. The fourth-order valence-electron chi connectivity index (χ4n) is 0.728. The van der Waals surface area contributed by atoms with Gasteiger partial charge in [0.05, 0.1) is 11.5 Å². The highest BCUT2D eigenvalue weighted by molar-refractivity contribution is 7.09. The third-order valence-electron chi connectivity index (χ3n) is 1.24. The van der Waals surface area contributed by atoms with Crippen LogP contribution < -0.4 is 0 Å². The average Bonchev–Trinajstić information content (AvgIpc) is 2.59. The second kappa shape index (κ2) is 4.56. The second-order valence-corrected chi connectivity index (χ2v) is 2.88. The highest BCUT2D eigenvalue weighted by Gasteiger charge is 2.17. The van der Waals surface area contributed by atoms with Gasteiger partial charge in [-0.3, -0.25) is 0 Å². The largest absolute Gasteiger partial charge is 0.461 e. The number of nitrogens with zero attached hydrogens (tertiary/aromatic N) is 2. The van der Waals surface area contributed by atoms with Gasteiger partial charge >= 0.3 is 5.97 Å². The number of carbonyl (C=O) groups excluding carboxylic acids is 1. The van der Waals surface area contributed by atoms with Crippen LogP contribution in [0.5, 0.6) is 0 Å². The van der Waals surface area contributed by atoms with Gasteiger partial charge in [0.1, 0.15) is 0 Å². The molecular formula is C7H8N2O3S. The van der Waals surface area contributed by atoms with Gasteiger partial charge < -0.3 is 9.94 Å². The van der Waals surface area contributed by atoms with E-state index in [0.29, 0.717) is 4.88 Å². The first-order valence-electron chi connectivity index (χ1n) is 3.59. The van der Waals surface area contributed by atoms with Crippen LogP contribution in [0.4, 0.5) is 0 Å². The molecule has 0 aliphatic carbocycles. The Hall–Kier alpha value is -1.43. The molecule has 0 unspecified atom stereocenters. The Morgan fingerprint density at radius 1 is 1.85 bits per heavy atom. The Morgan fingerprint density at radius 2 is 2.62 bits per heavy atom. The lowest BCUT2D eigenvalue weighted by atomic mass is 10.3. The van der Waals surface area contributed by atoms with Gasteiger partial charge in [0.2, 0.25) is 5.71 Å². The van der Waals surface area contributed by atoms with E-state index in [2.05, 4.69) is 14.3 Å². The fraction of sp³-hybridized carbons (Fsp3) is 0.286. The summed E-state index contributed by atoms with van der Waals surface area (Å²) in [5, 5.41) is 11.4. The Labute approximate surface area is 78.8 Å². The molecule has 1 aromatic heterocycles. The molecule has 1 N–H and O–H groups in total. The molecule has 0 bridgehead atoms. The van der Waals surface area contributed by atoms with Gasteiger partial charge in [0.15, 0.2) is 0 Å². The molecule has 1 heterocycles. The lowest BCUT2D eigenvalue weighted by Gasteiger charge is -1.99. The fourth-order valence-corrected chi connectivity index (χ4v) is 1.30. The summed E-state index contributed by atoms with van der Waals surface area (Å²) in [4.78, 5) is 11.6. The normalized spacial score (nSPS) is 11.3. The predicted molar refractivity (Wildman–Crippen MR) is 47.1 cm³/mol. The molecule has 0 radical (unpaired) electrons. The average molecular weight is 200 g/mol. The maximum Gasteiger partial charge on any atom is 0.361 e. The number of hydrogen-bond donors (Lipinski definition) is 1. The van der Waals surface area contributed by atoms with Crippen LogP contribution >= 0.6 is 11.5 Å². The van der Waals surface area contributed by atoms with Crippen molar-refractivity contribution in [1.82, 2.24) is 4.37 Å². The molecule has 1 aromatic rings. The van der Waals surface area contributed by atoms with Crippen molar-refractivity contribution in [2.45, 2.75) is 6.92 Å².